The average Bonchev–Trinajstić information content (AvgIpc) is 2.77. The molecule has 1 aliphatic rings. The molecule has 3 N–H and O–H groups in total. The lowest BCUT2D eigenvalue weighted by Gasteiger charge is -2.39. The largest absolute Gasteiger partial charge is 0.430 e. The number of nitrogens with zero attached hydrogens (tertiary/aromatic N) is 4. The minimum absolute atomic E-state index is 0.0177. The molecule has 3 heterocycles. The molecule has 3 rings (SSSR count). The van der Waals surface area contributed by atoms with Crippen LogP contribution in [0.15, 0.2) is 41.6 Å². The molecule has 0 amide bonds. The highest BCUT2D eigenvalue weighted by Gasteiger charge is 2.71. The van der Waals surface area contributed by atoms with Gasteiger partial charge in [-0.25, -0.2) is 18.4 Å². The average molecular weight is 523 g/mol. The maximum atomic E-state index is 13.1. The third-order valence-corrected chi connectivity index (χ3v) is 7.18. The number of hydrogen-bond donors (Lipinski definition) is 2. The summed E-state index contributed by atoms with van der Waals surface area (Å²) in [5.41, 5.74) is -1.12. The van der Waals surface area contributed by atoms with Crippen molar-refractivity contribution in [3.8, 4) is 11.8 Å². The summed E-state index contributed by atoms with van der Waals surface area (Å²) in [6, 6.07) is 3.15. The molecule has 1 atom stereocenters. The lowest BCUT2D eigenvalue weighted by molar-refractivity contribution is -0.376. The SMILES string of the molecule is CC#C[C@H]1CN(S(=O)(=O)c2ccc(N)nc2)CCN1c1ccc(C(O)(C(F)(F)F)C(F)(F)F)cn1. The van der Waals surface area contributed by atoms with Crippen LogP contribution in [0.5, 0.6) is 0 Å². The van der Waals surface area contributed by atoms with Gasteiger partial charge in [0.2, 0.25) is 10.0 Å². The molecule has 0 spiro atoms. The molecular weight excluding hydrogens is 504 g/mol. The first-order valence-corrected chi connectivity index (χ1v) is 11.3. The van der Waals surface area contributed by atoms with E-state index in [9.17, 15) is 39.9 Å². The van der Waals surface area contributed by atoms with Crippen molar-refractivity contribution >= 4 is 21.7 Å². The molecule has 0 radical (unpaired) electrons. The molecule has 1 fully saturated rings. The minimum Gasteiger partial charge on any atom is -0.384 e. The number of rotatable bonds is 4. The number of aromatic nitrogens is 2. The molecule has 2 aromatic rings. The van der Waals surface area contributed by atoms with Gasteiger partial charge in [-0.15, -0.1) is 5.92 Å². The van der Waals surface area contributed by atoms with Gasteiger partial charge in [0, 0.05) is 37.6 Å². The van der Waals surface area contributed by atoms with E-state index in [0.717, 1.165) is 16.6 Å². The van der Waals surface area contributed by atoms with E-state index >= 15 is 0 Å². The van der Waals surface area contributed by atoms with Gasteiger partial charge in [-0.2, -0.15) is 30.6 Å². The first-order chi connectivity index (χ1) is 16.1. The van der Waals surface area contributed by atoms with Crippen LogP contribution >= 0.6 is 0 Å². The number of anilines is 2. The molecule has 1 saturated heterocycles. The highest BCUT2D eigenvalue weighted by atomic mass is 32.2. The van der Waals surface area contributed by atoms with E-state index in [0.29, 0.717) is 6.07 Å². The minimum atomic E-state index is -6.04. The highest BCUT2D eigenvalue weighted by molar-refractivity contribution is 7.89. The molecule has 35 heavy (non-hydrogen) atoms. The van der Waals surface area contributed by atoms with E-state index in [-0.39, 0.29) is 42.4 Å². The standard InChI is InChI=1S/C20H19F6N5O3S/c1-2-3-14-12-30(35(33,34)15-5-6-16(27)28-11-15)8-9-31(14)17-7-4-13(10-29-17)18(32,19(21,22)23)20(24,25)26/h4-7,10-11,14,32H,8-9,12H2,1H3,(H2,27,28)/t14-/m0/s1. The highest BCUT2D eigenvalue weighted by Crippen LogP contribution is 2.50. The van der Waals surface area contributed by atoms with Crippen LogP contribution < -0.4 is 10.6 Å². The molecule has 0 aromatic carbocycles. The Morgan fingerprint density at radius 2 is 1.69 bits per heavy atom. The van der Waals surface area contributed by atoms with Gasteiger partial charge in [0.15, 0.2) is 0 Å². The third kappa shape index (κ3) is 4.86. The molecule has 0 bridgehead atoms. The topological polar surface area (TPSA) is 113 Å². The van der Waals surface area contributed by atoms with Gasteiger partial charge in [-0.1, -0.05) is 12.0 Å². The van der Waals surface area contributed by atoms with Crippen LogP contribution in [0.4, 0.5) is 38.0 Å². The fourth-order valence-electron chi connectivity index (χ4n) is 3.49. The van der Waals surface area contributed by atoms with Crippen LogP contribution in [0, 0.1) is 11.8 Å². The van der Waals surface area contributed by atoms with Gasteiger partial charge >= 0.3 is 12.4 Å². The van der Waals surface area contributed by atoms with E-state index in [2.05, 4.69) is 21.8 Å². The Morgan fingerprint density at radius 3 is 2.17 bits per heavy atom. The summed E-state index contributed by atoms with van der Waals surface area (Å²) in [5.74, 6) is 5.48. The van der Waals surface area contributed by atoms with E-state index in [1.807, 2.05) is 0 Å². The fraction of sp³-hybridized carbons (Fsp3) is 0.400. The second kappa shape index (κ2) is 9.17. The van der Waals surface area contributed by atoms with Gasteiger partial charge < -0.3 is 15.7 Å². The van der Waals surface area contributed by atoms with Crippen LogP contribution in [0.1, 0.15) is 12.5 Å². The van der Waals surface area contributed by atoms with Gasteiger partial charge in [0.25, 0.3) is 5.60 Å². The summed E-state index contributed by atoms with van der Waals surface area (Å²) < 4.78 is 106. The zero-order valence-electron chi connectivity index (χ0n) is 18.0. The summed E-state index contributed by atoms with van der Waals surface area (Å²) in [5, 5.41) is 9.53. The Bertz CT molecular complexity index is 1210. The first kappa shape index (κ1) is 26.5. The summed E-state index contributed by atoms with van der Waals surface area (Å²) in [6.45, 7) is 1.23. The Morgan fingerprint density at radius 1 is 1.03 bits per heavy atom. The van der Waals surface area contributed by atoms with Crippen LogP contribution in [-0.4, -0.2) is 65.8 Å². The molecule has 1 aliphatic heterocycles. The number of aliphatic hydroxyl groups is 1. The van der Waals surface area contributed by atoms with Crippen molar-refractivity contribution in [3.05, 3.63) is 42.2 Å². The number of nitrogens with two attached hydrogens (primary N) is 1. The maximum absolute atomic E-state index is 13.1. The molecule has 190 valence electrons. The van der Waals surface area contributed by atoms with Gasteiger partial charge in [-0.05, 0) is 25.1 Å². The second-order valence-electron chi connectivity index (χ2n) is 7.50. The van der Waals surface area contributed by atoms with Crippen LogP contribution in [0.25, 0.3) is 0 Å². The van der Waals surface area contributed by atoms with Gasteiger partial charge in [0.05, 0.1) is 0 Å². The number of piperazine rings is 1. The molecule has 0 unspecified atom stereocenters. The van der Waals surface area contributed by atoms with Gasteiger partial charge in [-0.3, -0.25) is 0 Å². The summed E-state index contributed by atoms with van der Waals surface area (Å²) in [6.07, 6.45) is -10.7. The second-order valence-corrected chi connectivity index (χ2v) is 9.43. The van der Waals surface area contributed by atoms with Crippen molar-refractivity contribution in [2.24, 2.45) is 0 Å². The van der Waals surface area contributed by atoms with Crippen LogP contribution in [0.2, 0.25) is 0 Å². The Labute approximate surface area is 196 Å². The maximum Gasteiger partial charge on any atom is 0.430 e. The fourth-order valence-corrected chi connectivity index (χ4v) is 4.88. The van der Waals surface area contributed by atoms with Crippen molar-refractivity contribution in [2.45, 2.75) is 35.8 Å². The molecule has 8 nitrogen and oxygen atoms in total. The van der Waals surface area contributed by atoms with Gasteiger partial charge in [0.1, 0.15) is 22.6 Å². The summed E-state index contributed by atoms with van der Waals surface area (Å²) >= 11 is 0. The normalized spacial score (nSPS) is 18.2. The first-order valence-electron chi connectivity index (χ1n) is 9.86. The Kier molecular flexibility index (Phi) is 6.95. The smallest absolute Gasteiger partial charge is 0.384 e. The van der Waals surface area contributed by atoms with E-state index < -0.39 is 39.6 Å². The van der Waals surface area contributed by atoms with E-state index in [1.165, 1.54) is 24.0 Å². The van der Waals surface area contributed by atoms with Crippen LogP contribution in [0.3, 0.4) is 0 Å². The molecule has 0 saturated carbocycles. The van der Waals surface area contributed by atoms with Crippen molar-refractivity contribution in [2.75, 3.05) is 30.3 Å². The molecule has 0 aliphatic carbocycles. The van der Waals surface area contributed by atoms with Crippen molar-refractivity contribution in [1.29, 1.82) is 0 Å². The lowest BCUT2D eigenvalue weighted by atomic mass is 9.94. The van der Waals surface area contributed by atoms with Crippen molar-refractivity contribution in [1.82, 2.24) is 14.3 Å². The zero-order chi connectivity index (χ0) is 26.2. The van der Waals surface area contributed by atoms with Crippen molar-refractivity contribution < 1.29 is 39.9 Å². The number of sulfonamides is 1. The molecule has 2 aromatic heterocycles. The summed E-state index contributed by atoms with van der Waals surface area (Å²) in [7, 11) is -3.98. The Balaban J connectivity index is 1.89. The number of pyridine rings is 2. The third-order valence-electron chi connectivity index (χ3n) is 5.33. The lowest BCUT2D eigenvalue weighted by Crippen LogP contribution is -2.55. The molecular formula is C20H19F6N5O3S. The monoisotopic (exact) mass is 523 g/mol. The number of halogens is 6. The number of hydrogen-bond acceptors (Lipinski definition) is 7. The Hall–Kier alpha value is -3.09. The predicted octanol–water partition coefficient (Wildman–Crippen LogP) is 2.27. The summed E-state index contributed by atoms with van der Waals surface area (Å²) in [4.78, 5) is 8.80. The molecule has 15 heteroatoms. The van der Waals surface area contributed by atoms with Crippen molar-refractivity contribution in [3.63, 3.8) is 0 Å². The van der Waals surface area contributed by atoms with E-state index in [1.54, 1.807) is 0 Å². The van der Waals surface area contributed by atoms with E-state index in [4.69, 9.17) is 5.73 Å². The number of nitrogen functional groups attached to an aromatic ring is 1. The van der Waals surface area contributed by atoms with Crippen LogP contribution in [-0.2, 0) is 15.6 Å². The quantitative estimate of drug-likeness (QED) is 0.467. The predicted molar refractivity (Wildman–Crippen MR) is 112 cm³/mol. The number of alkyl halides is 6. The zero-order valence-corrected chi connectivity index (χ0v) is 18.8.